The summed E-state index contributed by atoms with van der Waals surface area (Å²) in [5, 5.41) is 8.97. The van der Waals surface area contributed by atoms with Gasteiger partial charge in [-0.3, -0.25) is 4.79 Å². The van der Waals surface area contributed by atoms with Gasteiger partial charge in [-0.05, 0) is 35.0 Å². The van der Waals surface area contributed by atoms with Crippen molar-refractivity contribution in [2.24, 2.45) is 0 Å². The lowest BCUT2D eigenvalue weighted by Crippen LogP contribution is -2.18. The van der Waals surface area contributed by atoms with Crippen molar-refractivity contribution in [3.63, 3.8) is 0 Å². The van der Waals surface area contributed by atoms with Crippen molar-refractivity contribution in [1.29, 1.82) is 0 Å². The van der Waals surface area contributed by atoms with Gasteiger partial charge in [0.1, 0.15) is 5.56 Å². The number of carbonyl (C=O) groups is 1. The molecule has 0 fully saturated rings. The average molecular weight is 308 g/mol. The van der Waals surface area contributed by atoms with Crippen molar-refractivity contribution >= 4 is 21.9 Å². The van der Waals surface area contributed by atoms with Crippen LogP contribution in [0.2, 0.25) is 0 Å². The molecule has 5 heteroatoms. The van der Waals surface area contributed by atoms with E-state index in [1.807, 2.05) is 24.3 Å². The Morgan fingerprint density at radius 1 is 1.33 bits per heavy atom. The standard InChI is InChI=1S/C13H10BrNO3/c1-8-6-12(16)9(13(17)18)7-15(8)11-5-3-2-4-10(11)14/h2-7H,1H3,(H,17,18). The maximum absolute atomic E-state index is 11.5. The Balaban J connectivity index is 2.73. The fourth-order valence-corrected chi connectivity index (χ4v) is 2.17. The maximum Gasteiger partial charge on any atom is 0.341 e. The van der Waals surface area contributed by atoms with Crippen LogP contribution < -0.4 is 5.43 Å². The lowest BCUT2D eigenvalue weighted by molar-refractivity contribution is 0.0695. The van der Waals surface area contributed by atoms with Crippen LogP contribution in [0.25, 0.3) is 5.69 Å². The molecule has 4 nitrogen and oxygen atoms in total. The Morgan fingerprint density at radius 3 is 2.61 bits per heavy atom. The monoisotopic (exact) mass is 307 g/mol. The minimum Gasteiger partial charge on any atom is -0.477 e. The van der Waals surface area contributed by atoms with Crippen LogP contribution in [0.5, 0.6) is 0 Å². The van der Waals surface area contributed by atoms with Crippen LogP contribution in [0, 0.1) is 6.92 Å². The molecule has 0 radical (unpaired) electrons. The maximum atomic E-state index is 11.5. The van der Waals surface area contributed by atoms with Gasteiger partial charge in [0, 0.05) is 22.4 Å². The molecule has 0 aliphatic rings. The second kappa shape index (κ2) is 4.78. The molecule has 0 bridgehead atoms. The summed E-state index contributed by atoms with van der Waals surface area (Å²) in [6, 6.07) is 8.73. The van der Waals surface area contributed by atoms with Gasteiger partial charge >= 0.3 is 5.97 Å². The highest BCUT2D eigenvalue weighted by Gasteiger charge is 2.12. The van der Waals surface area contributed by atoms with Crippen molar-refractivity contribution < 1.29 is 9.90 Å². The van der Waals surface area contributed by atoms with Gasteiger partial charge in [0.2, 0.25) is 0 Å². The van der Waals surface area contributed by atoms with Gasteiger partial charge in [-0.1, -0.05) is 12.1 Å². The number of hydrogen-bond acceptors (Lipinski definition) is 2. The predicted octanol–water partition coefficient (Wildman–Crippen LogP) is 2.61. The number of aromatic nitrogens is 1. The lowest BCUT2D eigenvalue weighted by atomic mass is 10.2. The largest absolute Gasteiger partial charge is 0.477 e. The number of hydrogen-bond donors (Lipinski definition) is 1. The molecule has 2 rings (SSSR count). The summed E-state index contributed by atoms with van der Waals surface area (Å²) < 4.78 is 2.50. The zero-order valence-electron chi connectivity index (χ0n) is 9.55. The Morgan fingerprint density at radius 2 is 2.00 bits per heavy atom. The van der Waals surface area contributed by atoms with E-state index in [9.17, 15) is 9.59 Å². The number of benzene rings is 1. The number of para-hydroxylation sites is 1. The van der Waals surface area contributed by atoms with Gasteiger partial charge in [0.25, 0.3) is 0 Å². The highest BCUT2D eigenvalue weighted by molar-refractivity contribution is 9.10. The van der Waals surface area contributed by atoms with Crippen LogP contribution in [-0.2, 0) is 0 Å². The normalized spacial score (nSPS) is 10.3. The Kier molecular flexibility index (Phi) is 3.34. The first-order chi connectivity index (χ1) is 8.50. The van der Waals surface area contributed by atoms with E-state index in [4.69, 9.17) is 5.11 Å². The number of carboxylic acid groups (broad SMARTS) is 1. The summed E-state index contributed by atoms with van der Waals surface area (Å²) >= 11 is 3.40. The van der Waals surface area contributed by atoms with Crippen LogP contribution in [-0.4, -0.2) is 15.6 Å². The summed E-state index contributed by atoms with van der Waals surface area (Å²) in [6.45, 7) is 1.76. The van der Waals surface area contributed by atoms with E-state index in [1.54, 1.807) is 11.5 Å². The number of nitrogens with zero attached hydrogens (tertiary/aromatic N) is 1. The molecule has 2 aromatic rings. The Labute approximate surface area is 112 Å². The van der Waals surface area contributed by atoms with Crippen LogP contribution in [0.4, 0.5) is 0 Å². The van der Waals surface area contributed by atoms with Crippen LogP contribution in [0.1, 0.15) is 16.1 Å². The molecular weight excluding hydrogens is 298 g/mol. The highest BCUT2D eigenvalue weighted by atomic mass is 79.9. The molecule has 0 unspecified atom stereocenters. The van der Waals surface area contributed by atoms with E-state index < -0.39 is 11.4 Å². The third kappa shape index (κ3) is 2.22. The van der Waals surface area contributed by atoms with E-state index in [-0.39, 0.29) is 5.56 Å². The topological polar surface area (TPSA) is 59.3 Å². The smallest absolute Gasteiger partial charge is 0.341 e. The van der Waals surface area contributed by atoms with Crippen molar-refractivity contribution in [3.8, 4) is 5.69 Å². The van der Waals surface area contributed by atoms with Crippen molar-refractivity contribution in [2.45, 2.75) is 6.92 Å². The highest BCUT2D eigenvalue weighted by Crippen LogP contribution is 2.21. The lowest BCUT2D eigenvalue weighted by Gasteiger charge is -2.13. The number of carboxylic acids is 1. The number of aromatic carboxylic acids is 1. The summed E-state index contributed by atoms with van der Waals surface area (Å²) in [7, 11) is 0. The Hall–Kier alpha value is -1.88. The van der Waals surface area contributed by atoms with Gasteiger partial charge in [-0.2, -0.15) is 0 Å². The zero-order valence-corrected chi connectivity index (χ0v) is 11.1. The molecule has 0 saturated heterocycles. The third-order valence-electron chi connectivity index (χ3n) is 2.59. The van der Waals surface area contributed by atoms with E-state index in [1.165, 1.54) is 12.3 Å². The molecule has 0 amide bonds. The predicted molar refractivity (Wildman–Crippen MR) is 71.4 cm³/mol. The molecule has 1 aromatic carbocycles. The minimum absolute atomic E-state index is 0.239. The Bertz CT molecular complexity index is 676. The molecule has 1 heterocycles. The minimum atomic E-state index is -1.22. The molecule has 18 heavy (non-hydrogen) atoms. The van der Waals surface area contributed by atoms with Crippen molar-refractivity contribution in [3.05, 3.63) is 62.5 Å². The SMILES string of the molecule is Cc1cc(=O)c(C(=O)O)cn1-c1ccccc1Br. The van der Waals surface area contributed by atoms with Crippen LogP contribution in [0.15, 0.2) is 45.8 Å². The van der Waals surface area contributed by atoms with Crippen molar-refractivity contribution in [1.82, 2.24) is 4.57 Å². The molecule has 0 spiro atoms. The molecule has 92 valence electrons. The number of aryl methyl sites for hydroxylation is 1. The van der Waals surface area contributed by atoms with Gasteiger partial charge in [-0.15, -0.1) is 0 Å². The summed E-state index contributed by atoms with van der Waals surface area (Å²) in [5.41, 5.74) is 0.744. The quantitative estimate of drug-likeness (QED) is 0.927. The number of pyridine rings is 1. The van der Waals surface area contributed by atoms with E-state index in [0.717, 1.165) is 10.2 Å². The van der Waals surface area contributed by atoms with Gasteiger partial charge in [0.15, 0.2) is 5.43 Å². The third-order valence-corrected chi connectivity index (χ3v) is 3.26. The van der Waals surface area contributed by atoms with E-state index in [0.29, 0.717) is 5.69 Å². The van der Waals surface area contributed by atoms with Gasteiger partial charge in [0.05, 0.1) is 5.69 Å². The van der Waals surface area contributed by atoms with E-state index >= 15 is 0 Å². The first-order valence-electron chi connectivity index (χ1n) is 5.22. The summed E-state index contributed by atoms with van der Waals surface area (Å²) in [6.07, 6.45) is 1.35. The number of halogens is 1. The average Bonchev–Trinajstić information content (AvgIpc) is 2.30. The first kappa shape index (κ1) is 12.6. The van der Waals surface area contributed by atoms with Gasteiger partial charge in [-0.25, -0.2) is 4.79 Å². The molecule has 1 N–H and O–H groups in total. The molecule has 0 aliphatic heterocycles. The fourth-order valence-electron chi connectivity index (χ4n) is 1.70. The van der Waals surface area contributed by atoms with E-state index in [2.05, 4.69) is 15.9 Å². The first-order valence-corrected chi connectivity index (χ1v) is 6.01. The number of rotatable bonds is 2. The zero-order chi connectivity index (χ0) is 13.3. The molecular formula is C13H10BrNO3. The van der Waals surface area contributed by atoms with Crippen LogP contribution >= 0.6 is 15.9 Å². The summed E-state index contributed by atoms with van der Waals surface area (Å²) in [5.74, 6) is -1.22. The second-order valence-electron chi connectivity index (χ2n) is 3.82. The molecule has 1 aromatic heterocycles. The molecule has 0 aliphatic carbocycles. The van der Waals surface area contributed by atoms with Crippen LogP contribution in [0.3, 0.4) is 0 Å². The van der Waals surface area contributed by atoms with Crippen molar-refractivity contribution in [2.75, 3.05) is 0 Å². The molecule has 0 saturated carbocycles. The fraction of sp³-hybridized carbons (Fsp3) is 0.0769. The molecule has 0 atom stereocenters. The van der Waals surface area contributed by atoms with Gasteiger partial charge < -0.3 is 9.67 Å². The second-order valence-corrected chi connectivity index (χ2v) is 4.67. The summed E-state index contributed by atoms with van der Waals surface area (Å²) in [4.78, 5) is 22.5.